The highest BCUT2D eigenvalue weighted by atomic mass is 16.5. The highest BCUT2D eigenvalue weighted by Crippen LogP contribution is 2.17. The molecule has 2 rings (SSSR count). The number of para-hydroxylation sites is 1. The maximum absolute atomic E-state index is 11.9. The molecule has 5 nitrogen and oxygen atoms in total. The van der Waals surface area contributed by atoms with Crippen LogP contribution in [0.5, 0.6) is 5.75 Å². The zero-order chi connectivity index (χ0) is 14.4. The smallest absolute Gasteiger partial charge is 0.222 e. The Morgan fingerprint density at radius 3 is 2.90 bits per heavy atom. The maximum atomic E-state index is 11.9. The number of hydrogen-bond donors (Lipinski definition) is 1. The molecule has 0 bridgehead atoms. The van der Waals surface area contributed by atoms with E-state index in [4.69, 9.17) is 4.74 Å². The third-order valence-electron chi connectivity index (χ3n) is 3.13. The van der Waals surface area contributed by atoms with Crippen molar-refractivity contribution in [1.82, 2.24) is 15.1 Å². The summed E-state index contributed by atoms with van der Waals surface area (Å²) in [6, 6.07) is 9.55. The van der Waals surface area contributed by atoms with Gasteiger partial charge in [-0.2, -0.15) is 5.10 Å². The highest BCUT2D eigenvalue weighted by molar-refractivity contribution is 5.76. The Kier molecular flexibility index (Phi) is 4.76. The molecule has 0 saturated heterocycles. The Bertz CT molecular complexity index is 552. The van der Waals surface area contributed by atoms with Crippen LogP contribution < -0.4 is 10.1 Å². The molecule has 106 valence electrons. The molecule has 1 heterocycles. The van der Waals surface area contributed by atoms with Crippen molar-refractivity contribution in [3.8, 4) is 5.75 Å². The maximum Gasteiger partial charge on any atom is 0.222 e. The number of ether oxygens (including phenoxy) is 1. The molecule has 1 amide bonds. The summed E-state index contributed by atoms with van der Waals surface area (Å²) in [7, 11) is 1.63. The Labute approximate surface area is 118 Å². The van der Waals surface area contributed by atoms with Gasteiger partial charge in [-0.25, -0.2) is 0 Å². The fourth-order valence-electron chi connectivity index (χ4n) is 2.02. The summed E-state index contributed by atoms with van der Waals surface area (Å²) in [5, 5.41) is 7.04. The second kappa shape index (κ2) is 6.75. The largest absolute Gasteiger partial charge is 0.496 e. The van der Waals surface area contributed by atoms with Gasteiger partial charge < -0.3 is 10.1 Å². The summed E-state index contributed by atoms with van der Waals surface area (Å²) < 4.78 is 7.03. The van der Waals surface area contributed by atoms with Gasteiger partial charge >= 0.3 is 0 Å². The summed E-state index contributed by atoms with van der Waals surface area (Å²) in [5.41, 5.74) is 0.968. The number of carbonyl (C=O) groups excluding carboxylic acids is 1. The van der Waals surface area contributed by atoms with Crippen LogP contribution >= 0.6 is 0 Å². The first-order valence-electron chi connectivity index (χ1n) is 6.58. The average molecular weight is 273 g/mol. The number of nitrogens with zero attached hydrogens (tertiary/aromatic N) is 2. The molecule has 1 N–H and O–H groups in total. The first-order valence-corrected chi connectivity index (χ1v) is 6.58. The van der Waals surface area contributed by atoms with E-state index in [0.717, 1.165) is 11.3 Å². The number of methoxy groups -OCH3 is 1. The molecule has 0 spiro atoms. The van der Waals surface area contributed by atoms with Gasteiger partial charge in [0, 0.05) is 30.9 Å². The van der Waals surface area contributed by atoms with Crippen LogP contribution in [0.15, 0.2) is 42.7 Å². The summed E-state index contributed by atoms with van der Waals surface area (Å²) in [5.74, 6) is 0.784. The zero-order valence-corrected chi connectivity index (χ0v) is 11.7. The van der Waals surface area contributed by atoms with Crippen LogP contribution in [0.4, 0.5) is 0 Å². The monoisotopic (exact) mass is 273 g/mol. The molecule has 0 aliphatic rings. The molecule has 5 heteroatoms. The van der Waals surface area contributed by atoms with Gasteiger partial charge in [0.1, 0.15) is 5.75 Å². The van der Waals surface area contributed by atoms with Crippen molar-refractivity contribution in [2.45, 2.75) is 25.9 Å². The Balaban J connectivity index is 1.86. The molecule has 2 aromatic rings. The van der Waals surface area contributed by atoms with Crippen molar-refractivity contribution in [3.63, 3.8) is 0 Å². The fourth-order valence-corrected chi connectivity index (χ4v) is 2.02. The molecule has 1 aromatic heterocycles. The van der Waals surface area contributed by atoms with E-state index in [2.05, 4.69) is 10.4 Å². The predicted octanol–water partition coefficient (Wildman–Crippen LogP) is 2.16. The lowest BCUT2D eigenvalue weighted by atomic mass is 10.2. The van der Waals surface area contributed by atoms with Crippen molar-refractivity contribution in [1.29, 1.82) is 0 Å². The molecule has 0 aliphatic carbocycles. The lowest BCUT2D eigenvalue weighted by Crippen LogP contribution is -2.25. The Morgan fingerprint density at radius 1 is 1.40 bits per heavy atom. The van der Waals surface area contributed by atoms with E-state index in [1.54, 1.807) is 18.0 Å². The van der Waals surface area contributed by atoms with E-state index < -0.39 is 0 Å². The standard InChI is InChI=1S/C15H19N3O2/c1-12(18-9-5-8-17-18)10-15(19)16-11-13-6-3-4-7-14(13)20-2/h3-9,12H,10-11H2,1-2H3,(H,16,19)/t12-/m1/s1. The van der Waals surface area contributed by atoms with Crippen molar-refractivity contribution in [3.05, 3.63) is 48.3 Å². The van der Waals surface area contributed by atoms with E-state index in [1.807, 2.05) is 43.5 Å². The second-order valence-corrected chi connectivity index (χ2v) is 4.63. The van der Waals surface area contributed by atoms with Gasteiger partial charge in [0.2, 0.25) is 5.91 Å². The minimum Gasteiger partial charge on any atom is -0.496 e. The SMILES string of the molecule is COc1ccccc1CNC(=O)C[C@@H](C)n1cccn1. The summed E-state index contributed by atoms with van der Waals surface area (Å²) >= 11 is 0. The van der Waals surface area contributed by atoms with Gasteiger partial charge in [-0.15, -0.1) is 0 Å². The van der Waals surface area contributed by atoms with Crippen LogP contribution in [0.3, 0.4) is 0 Å². The molecule has 0 fully saturated rings. The molecular formula is C15H19N3O2. The first-order chi connectivity index (χ1) is 9.70. The number of aromatic nitrogens is 2. The van der Waals surface area contributed by atoms with Crippen LogP contribution in [0.2, 0.25) is 0 Å². The molecule has 1 atom stereocenters. The molecular weight excluding hydrogens is 254 g/mol. The zero-order valence-electron chi connectivity index (χ0n) is 11.7. The minimum absolute atomic E-state index is 0.00101. The van der Waals surface area contributed by atoms with E-state index >= 15 is 0 Å². The lowest BCUT2D eigenvalue weighted by molar-refractivity contribution is -0.122. The van der Waals surface area contributed by atoms with Crippen LogP contribution in [0.25, 0.3) is 0 Å². The number of nitrogens with one attached hydrogen (secondary N) is 1. The third-order valence-corrected chi connectivity index (χ3v) is 3.13. The van der Waals surface area contributed by atoms with Gasteiger partial charge in [0.05, 0.1) is 13.2 Å². The van der Waals surface area contributed by atoms with Gasteiger partial charge in [-0.3, -0.25) is 9.48 Å². The molecule has 20 heavy (non-hydrogen) atoms. The van der Waals surface area contributed by atoms with E-state index in [1.165, 1.54) is 0 Å². The van der Waals surface area contributed by atoms with Crippen molar-refractivity contribution in [2.24, 2.45) is 0 Å². The molecule has 1 aromatic carbocycles. The fraction of sp³-hybridized carbons (Fsp3) is 0.333. The molecule has 0 radical (unpaired) electrons. The van der Waals surface area contributed by atoms with E-state index in [-0.39, 0.29) is 11.9 Å². The number of hydrogen-bond acceptors (Lipinski definition) is 3. The number of carbonyl (C=O) groups is 1. The van der Waals surface area contributed by atoms with Gasteiger partial charge in [0.25, 0.3) is 0 Å². The first kappa shape index (κ1) is 14.1. The van der Waals surface area contributed by atoms with E-state index in [0.29, 0.717) is 13.0 Å². The quantitative estimate of drug-likeness (QED) is 0.877. The Morgan fingerprint density at radius 2 is 2.20 bits per heavy atom. The van der Waals surface area contributed by atoms with Gasteiger partial charge in [-0.1, -0.05) is 18.2 Å². The summed E-state index contributed by atoms with van der Waals surface area (Å²) in [6.45, 7) is 2.43. The summed E-state index contributed by atoms with van der Waals surface area (Å²) in [6.07, 6.45) is 3.97. The Hall–Kier alpha value is -2.30. The van der Waals surface area contributed by atoms with Crippen molar-refractivity contribution in [2.75, 3.05) is 7.11 Å². The minimum atomic E-state index is -0.00101. The van der Waals surface area contributed by atoms with Gasteiger partial charge in [0.15, 0.2) is 0 Å². The topological polar surface area (TPSA) is 56.1 Å². The van der Waals surface area contributed by atoms with E-state index in [9.17, 15) is 4.79 Å². The predicted molar refractivity (Wildman–Crippen MR) is 76.4 cm³/mol. The normalized spacial score (nSPS) is 11.9. The van der Waals surface area contributed by atoms with Crippen molar-refractivity contribution >= 4 is 5.91 Å². The molecule has 0 aliphatic heterocycles. The number of benzene rings is 1. The molecule has 0 unspecified atom stereocenters. The highest BCUT2D eigenvalue weighted by Gasteiger charge is 2.11. The van der Waals surface area contributed by atoms with Gasteiger partial charge in [-0.05, 0) is 19.1 Å². The van der Waals surface area contributed by atoms with Crippen LogP contribution in [-0.2, 0) is 11.3 Å². The van der Waals surface area contributed by atoms with Crippen LogP contribution in [0, 0.1) is 0 Å². The number of rotatable bonds is 6. The van der Waals surface area contributed by atoms with Crippen molar-refractivity contribution < 1.29 is 9.53 Å². The lowest BCUT2D eigenvalue weighted by Gasteiger charge is -2.13. The number of amides is 1. The average Bonchev–Trinajstić information content (AvgIpc) is 2.99. The van der Waals surface area contributed by atoms with Crippen LogP contribution in [-0.4, -0.2) is 22.8 Å². The van der Waals surface area contributed by atoms with Crippen LogP contribution in [0.1, 0.15) is 24.9 Å². The molecule has 0 saturated carbocycles. The summed E-state index contributed by atoms with van der Waals surface area (Å²) in [4.78, 5) is 11.9. The second-order valence-electron chi connectivity index (χ2n) is 4.63. The third kappa shape index (κ3) is 3.60.